The summed E-state index contributed by atoms with van der Waals surface area (Å²) in [4.78, 5) is 11.9. The summed E-state index contributed by atoms with van der Waals surface area (Å²) in [6.45, 7) is 4.68. The predicted molar refractivity (Wildman–Crippen MR) is 88.0 cm³/mol. The first kappa shape index (κ1) is 15.4. The molecule has 0 aliphatic rings. The molecular formula is C16H18N2O2S. The van der Waals surface area contributed by atoms with Gasteiger partial charge in [0.15, 0.2) is 0 Å². The highest BCUT2D eigenvalue weighted by Crippen LogP contribution is 2.30. The number of nitrogens with one attached hydrogen (secondary N) is 1. The van der Waals surface area contributed by atoms with E-state index < -0.39 is 0 Å². The van der Waals surface area contributed by atoms with Gasteiger partial charge < -0.3 is 5.32 Å². The number of benzene rings is 2. The number of rotatable bonds is 6. The Hall–Kier alpha value is -2.01. The summed E-state index contributed by atoms with van der Waals surface area (Å²) >= 11 is 1.74. The maximum Gasteiger partial charge on any atom is 0.292 e. The Labute approximate surface area is 128 Å². The van der Waals surface area contributed by atoms with Crippen molar-refractivity contribution < 1.29 is 4.92 Å². The lowest BCUT2D eigenvalue weighted by molar-refractivity contribution is -0.384. The van der Waals surface area contributed by atoms with E-state index in [-0.39, 0.29) is 10.6 Å². The molecule has 0 spiro atoms. The van der Waals surface area contributed by atoms with Gasteiger partial charge in [-0.3, -0.25) is 10.1 Å². The van der Waals surface area contributed by atoms with Gasteiger partial charge in [0, 0.05) is 23.3 Å². The van der Waals surface area contributed by atoms with Gasteiger partial charge in [0.1, 0.15) is 5.69 Å². The molecule has 0 saturated heterocycles. The number of hydrogen-bond donors (Lipinski definition) is 1. The molecule has 0 aromatic heterocycles. The van der Waals surface area contributed by atoms with Crippen LogP contribution in [0.4, 0.5) is 11.4 Å². The van der Waals surface area contributed by atoms with Crippen molar-refractivity contribution in [3.8, 4) is 0 Å². The van der Waals surface area contributed by atoms with E-state index in [2.05, 4.69) is 24.4 Å². The second-order valence-electron chi connectivity index (χ2n) is 4.69. The fourth-order valence-corrected chi connectivity index (χ4v) is 3.02. The second-order valence-corrected chi connectivity index (χ2v) is 5.71. The molecule has 4 nitrogen and oxygen atoms in total. The van der Waals surface area contributed by atoms with Crippen LogP contribution in [0.5, 0.6) is 0 Å². The minimum Gasteiger partial charge on any atom is -0.380 e. The summed E-state index contributed by atoms with van der Waals surface area (Å²) < 4.78 is 0. The Morgan fingerprint density at radius 3 is 2.67 bits per heavy atom. The number of nitro groups is 1. The van der Waals surface area contributed by atoms with Crippen LogP contribution >= 0.6 is 11.8 Å². The third-order valence-electron chi connectivity index (χ3n) is 3.11. The highest BCUT2D eigenvalue weighted by atomic mass is 32.2. The quantitative estimate of drug-likeness (QED) is 0.480. The SMILES string of the molecule is CCNc1cc(CSc2ccccc2C)ccc1[N+](=O)[O-]. The molecule has 0 radical (unpaired) electrons. The van der Waals surface area contributed by atoms with E-state index in [4.69, 9.17) is 0 Å². The number of aryl methyl sites for hydroxylation is 1. The molecule has 0 saturated carbocycles. The molecule has 0 fully saturated rings. The van der Waals surface area contributed by atoms with Crippen molar-refractivity contribution in [2.24, 2.45) is 0 Å². The van der Waals surface area contributed by atoms with Gasteiger partial charge in [-0.15, -0.1) is 11.8 Å². The number of nitrogens with zero attached hydrogens (tertiary/aromatic N) is 1. The summed E-state index contributed by atoms with van der Waals surface area (Å²) in [7, 11) is 0. The third-order valence-corrected chi connectivity index (χ3v) is 4.36. The van der Waals surface area contributed by atoms with Gasteiger partial charge in [-0.05, 0) is 37.1 Å². The number of hydrogen-bond acceptors (Lipinski definition) is 4. The van der Waals surface area contributed by atoms with E-state index in [1.807, 2.05) is 31.2 Å². The summed E-state index contributed by atoms with van der Waals surface area (Å²) in [6, 6.07) is 13.5. The van der Waals surface area contributed by atoms with E-state index >= 15 is 0 Å². The highest BCUT2D eigenvalue weighted by molar-refractivity contribution is 7.98. The molecule has 0 unspecified atom stereocenters. The zero-order chi connectivity index (χ0) is 15.2. The van der Waals surface area contributed by atoms with Gasteiger partial charge in [-0.1, -0.05) is 24.3 Å². The fourth-order valence-electron chi connectivity index (χ4n) is 2.04. The maximum atomic E-state index is 11.0. The fraction of sp³-hybridized carbons (Fsp3) is 0.250. The van der Waals surface area contributed by atoms with Crippen LogP contribution in [-0.4, -0.2) is 11.5 Å². The minimum absolute atomic E-state index is 0.126. The van der Waals surface area contributed by atoms with Crippen LogP contribution in [0, 0.1) is 17.0 Å². The molecule has 0 heterocycles. The van der Waals surface area contributed by atoms with Gasteiger partial charge in [0.05, 0.1) is 4.92 Å². The molecular weight excluding hydrogens is 284 g/mol. The molecule has 0 atom stereocenters. The zero-order valence-corrected chi connectivity index (χ0v) is 12.9. The molecule has 5 heteroatoms. The van der Waals surface area contributed by atoms with Crippen LogP contribution in [0.25, 0.3) is 0 Å². The van der Waals surface area contributed by atoms with Crippen LogP contribution in [0.3, 0.4) is 0 Å². The van der Waals surface area contributed by atoms with Crippen molar-refractivity contribution in [1.29, 1.82) is 0 Å². The molecule has 0 aliphatic heterocycles. The lowest BCUT2D eigenvalue weighted by Crippen LogP contribution is -2.01. The molecule has 110 valence electrons. The summed E-state index contributed by atoms with van der Waals surface area (Å²) in [6.07, 6.45) is 0. The standard InChI is InChI=1S/C16H18N2O2S/c1-3-17-14-10-13(8-9-15(14)18(19)20)11-21-16-7-5-4-6-12(16)2/h4-10,17H,3,11H2,1-2H3. The first-order valence-corrected chi connectivity index (χ1v) is 7.80. The monoisotopic (exact) mass is 302 g/mol. The molecule has 2 rings (SSSR count). The lowest BCUT2D eigenvalue weighted by atomic mass is 10.2. The van der Waals surface area contributed by atoms with Crippen LogP contribution in [0.1, 0.15) is 18.1 Å². The second kappa shape index (κ2) is 7.13. The van der Waals surface area contributed by atoms with Gasteiger partial charge in [-0.2, -0.15) is 0 Å². The first-order valence-electron chi connectivity index (χ1n) is 6.81. The van der Waals surface area contributed by atoms with Gasteiger partial charge in [-0.25, -0.2) is 0 Å². The smallest absolute Gasteiger partial charge is 0.292 e. The average Bonchev–Trinajstić information content (AvgIpc) is 2.46. The summed E-state index contributed by atoms with van der Waals surface area (Å²) in [5.74, 6) is 0.793. The first-order chi connectivity index (χ1) is 10.1. The zero-order valence-electron chi connectivity index (χ0n) is 12.1. The third kappa shape index (κ3) is 3.98. The topological polar surface area (TPSA) is 55.2 Å². The number of anilines is 1. The molecule has 21 heavy (non-hydrogen) atoms. The Morgan fingerprint density at radius 2 is 2.00 bits per heavy atom. The minimum atomic E-state index is -0.351. The molecule has 0 aliphatic carbocycles. The molecule has 0 amide bonds. The molecule has 2 aromatic carbocycles. The van der Waals surface area contributed by atoms with E-state index in [0.29, 0.717) is 12.2 Å². The van der Waals surface area contributed by atoms with Gasteiger partial charge in [0.2, 0.25) is 0 Å². The van der Waals surface area contributed by atoms with Gasteiger partial charge >= 0.3 is 0 Å². The maximum absolute atomic E-state index is 11.0. The highest BCUT2D eigenvalue weighted by Gasteiger charge is 2.13. The van der Waals surface area contributed by atoms with Crippen molar-refractivity contribution in [2.45, 2.75) is 24.5 Å². The van der Waals surface area contributed by atoms with Crippen LogP contribution < -0.4 is 5.32 Å². The summed E-state index contributed by atoms with van der Waals surface area (Å²) in [5.41, 5.74) is 3.04. The number of nitro benzene ring substituents is 1. The van der Waals surface area contributed by atoms with Crippen molar-refractivity contribution >= 4 is 23.1 Å². The average molecular weight is 302 g/mol. The Morgan fingerprint density at radius 1 is 1.24 bits per heavy atom. The molecule has 0 bridgehead atoms. The van der Waals surface area contributed by atoms with Crippen LogP contribution in [-0.2, 0) is 5.75 Å². The number of thioether (sulfide) groups is 1. The molecule has 1 N–H and O–H groups in total. The van der Waals surface area contributed by atoms with E-state index in [1.165, 1.54) is 10.5 Å². The van der Waals surface area contributed by atoms with E-state index in [0.717, 1.165) is 11.3 Å². The lowest BCUT2D eigenvalue weighted by Gasteiger charge is -2.08. The normalized spacial score (nSPS) is 10.4. The van der Waals surface area contributed by atoms with Gasteiger partial charge in [0.25, 0.3) is 5.69 Å². The summed E-state index contributed by atoms with van der Waals surface area (Å²) in [5, 5.41) is 14.0. The Bertz CT molecular complexity index is 644. The molecule has 2 aromatic rings. The van der Waals surface area contributed by atoms with Crippen molar-refractivity contribution in [3.05, 3.63) is 63.7 Å². The Kier molecular flexibility index (Phi) is 5.22. The van der Waals surface area contributed by atoms with E-state index in [9.17, 15) is 10.1 Å². The predicted octanol–water partition coefficient (Wildman–Crippen LogP) is 4.63. The van der Waals surface area contributed by atoms with Crippen molar-refractivity contribution in [3.63, 3.8) is 0 Å². The largest absolute Gasteiger partial charge is 0.380 e. The Balaban J connectivity index is 2.15. The van der Waals surface area contributed by atoms with Crippen molar-refractivity contribution in [1.82, 2.24) is 0 Å². The van der Waals surface area contributed by atoms with Crippen molar-refractivity contribution in [2.75, 3.05) is 11.9 Å². The van der Waals surface area contributed by atoms with E-state index in [1.54, 1.807) is 17.8 Å². The van der Waals surface area contributed by atoms with Crippen LogP contribution in [0.2, 0.25) is 0 Å². The van der Waals surface area contributed by atoms with Crippen LogP contribution in [0.15, 0.2) is 47.4 Å².